The summed E-state index contributed by atoms with van der Waals surface area (Å²) in [5.41, 5.74) is 0.660. The molecule has 0 amide bonds. The summed E-state index contributed by atoms with van der Waals surface area (Å²) in [7, 11) is 0. The second-order valence-electron chi connectivity index (χ2n) is 5.18. The molecule has 19 heavy (non-hydrogen) atoms. The third-order valence-corrected chi connectivity index (χ3v) is 3.28. The second-order valence-corrected chi connectivity index (χ2v) is 5.83. The van der Waals surface area contributed by atoms with E-state index < -0.39 is 11.6 Å². The molecule has 5 heteroatoms. The van der Waals surface area contributed by atoms with Crippen molar-refractivity contribution >= 4 is 22.6 Å². The molecular formula is C14H17ClF2N2. The Morgan fingerprint density at radius 1 is 1.26 bits per heavy atom. The van der Waals surface area contributed by atoms with Gasteiger partial charge in [0.05, 0.1) is 10.9 Å². The molecule has 2 aromatic rings. The summed E-state index contributed by atoms with van der Waals surface area (Å²) in [5, 5.41) is -0.345. The van der Waals surface area contributed by atoms with E-state index in [1.807, 2.05) is 4.57 Å². The average molecular weight is 287 g/mol. The SMILES string of the molecule is CC(C)CCn1c(C(C)Cl)nc2c(F)cc(F)cc21. The molecule has 0 aliphatic rings. The Morgan fingerprint density at radius 3 is 2.53 bits per heavy atom. The smallest absolute Gasteiger partial charge is 0.153 e. The summed E-state index contributed by atoms with van der Waals surface area (Å²) in [5.74, 6) is -0.155. The van der Waals surface area contributed by atoms with Crippen molar-refractivity contribution < 1.29 is 8.78 Å². The van der Waals surface area contributed by atoms with E-state index in [1.165, 1.54) is 6.07 Å². The molecule has 1 aromatic carbocycles. The van der Waals surface area contributed by atoms with Crippen molar-refractivity contribution in [3.05, 3.63) is 29.6 Å². The van der Waals surface area contributed by atoms with Crippen LogP contribution in [-0.4, -0.2) is 9.55 Å². The van der Waals surface area contributed by atoms with Crippen LogP contribution < -0.4 is 0 Å². The first kappa shape index (κ1) is 14.3. The predicted octanol–water partition coefficient (Wildman–Crippen LogP) is 4.66. The van der Waals surface area contributed by atoms with Crippen molar-refractivity contribution in [1.29, 1.82) is 0 Å². The average Bonchev–Trinajstić information content (AvgIpc) is 2.65. The van der Waals surface area contributed by atoms with Gasteiger partial charge in [-0.1, -0.05) is 13.8 Å². The lowest BCUT2D eigenvalue weighted by Gasteiger charge is -2.12. The fourth-order valence-corrected chi connectivity index (χ4v) is 2.26. The van der Waals surface area contributed by atoms with Gasteiger partial charge >= 0.3 is 0 Å². The van der Waals surface area contributed by atoms with Gasteiger partial charge in [-0.3, -0.25) is 0 Å². The quantitative estimate of drug-likeness (QED) is 0.748. The maximum absolute atomic E-state index is 13.7. The molecule has 1 aromatic heterocycles. The van der Waals surface area contributed by atoms with Crippen molar-refractivity contribution in [3.8, 4) is 0 Å². The largest absolute Gasteiger partial charge is 0.327 e. The number of alkyl halides is 1. The Morgan fingerprint density at radius 2 is 1.95 bits per heavy atom. The van der Waals surface area contributed by atoms with Crippen molar-refractivity contribution in [3.63, 3.8) is 0 Å². The van der Waals surface area contributed by atoms with E-state index in [1.54, 1.807) is 6.92 Å². The zero-order chi connectivity index (χ0) is 14.2. The lowest BCUT2D eigenvalue weighted by Crippen LogP contribution is -2.06. The van der Waals surface area contributed by atoms with Gasteiger partial charge in [-0.2, -0.15) is 0 Å². The second kappa shape index (κ2) is 5.45. The summed E-state index contributed by atoms with van der Waals surface area (Å²) in [6.45, 7) is 6.64. The van der Waals surface area contributed by atoms with E-state index in [4.69, 9.17) is 11.6 Å². The molecule has 0 saturated carbocycles. The lowest BCUT2D eigenvalue weighted by atomic mass is 10.1. The van der Waals surface area contributed by atoms with Gasteiger partial charge in [0.15, 0.2) is 5.82 Å². The zero-order valence-corrected chi connectivity index (χ0v) is 12.0. The molecule has 1 heterocycles. The molecule has 0 N–H and O–H groups in total. The molecule has 0 aliphatic heterocycles. The van der Waals surface area contributed by atoms with Crippen molar-refractivity contribution in [1.82, 2.24) is 9.55 Å². The van der Waals surface area contributed by atoms with Crippen molar-refractivity contribution in [2.45, 2.75) is 39.1 Å². The molecule has 1 unspecified atom stereocenters. The van der Waals surface area contributed by atoms with Gasteiger partial charge in [0.1, 0.15) is 17.2 Å². The van der Waals surface area contributed by atoms with Gasteiger partial charge in [0.25, 0.3) is 0 Å². The molecule has 0 saturated heterocycles. The molecule has 0 spiro atoms. The van der Waals surface area contributed by atoms with Gasteiger partial charge < -0.3 is 4.57 Å². The molecule has 0 fully saturated rings. The predicted molar refractivity (Wildman–Crippen MR) is 73.4 cm³/mol. The summed E-state index contributed by atoms with van der Waals surface area (Å²) in [6, 6.07) is 2.17. The molecule has 104 valence electrons. The Bertz CT molecular complexity index is 591. The number of rotatable bonds is 4. The third-order valence-electron chi connectivity index (χ3n) is 3.09. The Balaban J connectivity index is 2.59. The maximum Gasteiger partial charge on any atom is 0.153 e. The minimum Gasteiger partial charge on any atom is -0.327 e. The number of nitrogens with zero attached hydrogens (tertiary/aromatic N) is 2. The molecule has 0 bridgehead atoms. The molecule has 1 atom stereocenters. The van der Waals surface area contributed by atoms with Gasteiger partial charge in [0.2, 0.25) is 0 Å². The normalized spacial score (nSPS) is 13.4. The molecular weight excluding hydrogens is 270 g/mol. The number of hydrogen-bond acceptors (Lipinski definition) is 1. The number of imidazole rings is 1. The van der Waals surface area contributed by atoms with Crippen molar-refractivity contribution in [2.75, 3.05) is 0 Å². The van der Waals surface area contributed by atoms with E-state index in [0.717, 1.165) is 12.5 Å². The number of halogens is 3. The first-order chi connectivity index (χ1) is 8.90. The minimum atomic E-state index is -0.642. The highest BCUT2D eigenvalue weighted by atomic mass is 35.5. The fourth-order valence-electron chi connectivity index (χ4n) is 2.09. The van der Waals surface area contributed by atoms with E-state index in [-0.39, 0.29) is 10.9 Å². The highest BCUT2D eigenvalue weighted by Crippen LogP contribution is 2.27. The summed E-state index contributed by atoms with van der Waals surface area (Å²) in [6.07, 6.45) is 0.903. The van der Waals surface area contributed by atoms with E-state index >= 15 is 0 Å². The first-order valence-electron chi connectivity index (χ1n) is 6.39. The van der Waals surface area contributed by atoms with Gasteiger partial charge in [-0.25, -0.2) is 13.8 Å². The standard InChI is InChI=1S/C14H17ClF2N2/c1-8(2)4-5-19-12-7-10(16)6-11(17)13(12)18-14(19)9(3)15/h6-9H,4-5H2,1-3H3. The van der Waals surface area contributed by atoms with Gasteiger partial charge in [0, 0.05) is 12.6 Å². The Labute approximate surface area is 116 Å². The minimum absolute atomic E-state index is 0.188. The van der Waals surface area contributed by atoms with Crippen molar-refractivity contribution in [2.24, 2.45) is 5.92 Å². The van der Waals surface area contributed by atoms with Gasteiger partial charge in [-0.05, 0) is 25.3 Å². The molecule has 0 radical (unpaired) electrons. The maximum atomic E-state index is 13.7. The van der Waals surface area contributed by atoms with Crippen LogP contribution in [0, 0.1) is 17.6 Å². The monoisotopic (exact) mass is 286 g/mol. The first-order valence-corrected chi connectivity index (χ1v) is 6.83. The van der Waals surface area contributed by atoms with Crippen LogP contribution in [0.5, 0.6) is 0 Å². The van der Waals surface area contributed by atoms with E-state index in [9.17, 15) is 8.78 Å². The van der Waals surface area contributed by atoms with Crippen LogP contribution in [0.15, 0.2) is 12.1 Å². The van der Waals surface area contributed by atoms with Crippen LogP contribution in [0.3, 0.4) is 0 Å². The molecule has 0 aliphatic carbocycles. The highest BCUT2D eigenvalue weighted by molar-refractivity contribution is 6.20. The summed E-state index contributed by atoms with van der Waals surface area (Å²) in [4.78, 5) is 4.22. The summed E-state index contributed by atoms with van der Waals surface area (Å²) < 4.78 is 28.9. The number of aromatic nitrogens is 2. The zero-order valence-electron chi connectivity index (χ0n) is 11.3. The van der Waals surface area contributed by atoms with Crippen LogP contribution in [0.1, 0.15) is 38.4 Å². The topological polar surface area (TPSA) is 17.8 Å². The highest BCUT2D eigenvalue weighted by Gasteiger charge is 2.18. The van der Waals surface area contributed by atoms with Gasteiger partial charge in [-0.15, -0.1) is 11.6 Å². The fraction of sp³-hybridized carbons (Fsp3) is 0.500. The number of benzene rings is 1. The Hall–Kier alpha value is -1.16. The third kappa shape index (κ3) is 2.89. The van der Waals surface area contributed by atoms with Crippen LogP contribution in [-0.2, 0) is 6.54 Å². The number of aryl methyl sites for hydroxylation is 1. The lowest BCUT2D eigenvalue weighted by molar-refractivity contribution is 0.511. The summed E-state index contributed by atoms with van der Waals surface area (Å²) >= 11 is 6.09. The van der Waals surface area contributed by atoms with Crippen LogP contribution >= 0.6 is 11.6 Å². The van der Waals surface area contributed by atoms with Crippen LogP contribution in [0.2, 0.25) is 0 Å². The number of fused-ring (bicyclic) bond motifs is 1. The van der Waals surface area contributed by atoms with Crippen LogP contribution in [0.4, 0.5) is 8.78 Å². The molecule has 2 nitrogen and oxygen atoms in total. The number of hydrogen-bond donors (Lipinski definition) is 0. The van der Waals surface area contributed by atoms with Crippen LogP contribution in [0.25, 0.3) is 11.0 Å². The van der Waals surface area contributed by atoms with E-state index in [2.05, 4.69) is 18.8 Å². The Kier molecular flexibility index (Phi) is 4.09. The molecule has 2 rings (SSSR count). The van der Waals surface area contributed by atoms with E-state index in [0.29, 0.717) is 23.8 Å².